The highest BCUT2D eigenvalue weighted by atomic mass is 32.1. The molecule has 0 N–H and O–H groups in total. The minimum atomic E-state index is 0.827. The van der Waals surface area contributed by atoms with Crippen molar-refractivity contribution in [1.82, 2.24) is 4.90 Å². The molecule has 1 aromatic carbocycles. The number of rotatable bonds is 3. The van der Waals surface area contributed by atoms with Crippen molar-refractivity contribution in [3.63, 3.8) is 0 Å². The van der Waals surface area contributed by atoms with Gasteiger partial charge in [-0.2, -0.15) is 0 Å². The lowest BCUT2D eigenvalue weighted by atomic mass is 9.87. The predicted octanol–water partition coefficient (Wildman–Crippen LogP) is 4.65. The van der Waals surface area contributed by atoms with Crippen molar-refractivity contribution in [2.24, 2.45) is 11.8 Å². The fourth-order valence-corrected chi connectivity index (χ4v) is 5.14. The number of fused-ring (bicyclic) bond motifs is 3. The molecular formula is C18H21NS. The number of benzene rings is 1. The van der Waals surface area contributed by atoms with Gasteiger partial charge in [-0.05, 0) is 78.7 Å². The molecule has 2 aliphatic carbocycles. The minimum absolute atomic E-state index is 0.827. The van der Waals surface area contributed by atoms with Gasteiger partial charge in [0.2, 0.25) is 0 Å². The third-order valence-corrected chi connectivity index (χ3v) is 5.90. The molecule has 20 heavy (non-hydrogen) atoms. The number of hydrogen-bond acceptors (Lipinski definition) is 2. The molecule has 0 spiro atoms. The normalized spacial score (nSPS) is 25.4. The number of nitrogens with zero attached hydrogens (tertiary/aromatic N) is 1. The number of thiophene rings is 1. The summed E-state index contributed by atoms with van der Waals surface area (Å²) >= 11 is 1.90. The number of hydrogen-bond donors (Lipinski definition) is 0. The fourth-order valence-electron chi connectivity index (χ4n) is 4.18. The Morgan fingerprint density at radius 3 is 2.80 bits per heavy atom. The topological polar surface area (TPSA) is 3.24 Å². The van der Waals surface area contributed by atoms with Gasteiger partial charge in [-0.15, -0.1) is 11.3 Å². The molecule has 0 aliphatic heterocycles. The van der Waals surface area contributed by atoms with Crippen LogP contribution in [0.1, 0.15) is 24.8 Å². The van der Waals surface area contributed by atoms with Crippen molar-refractivity contribution >= 4 is 27.0 Å². The summed E-state index contributed by atoms with van der Waals surface area (Å²) < 4.78 is 1.43. The SMILES string of the molecule is CN(C)CC1=C(c2csc3ccccc23)C2CCC1C2. The lowest BCUT2D eigenvalue weighted by molar-refractivity contribution is 0.423. The van der Waals surface area contributed by atoms with Crippen LogP contribution in [-0.2, 0) is 0 Å². The highest BCUT2D eigenvalue weighted by Gasteiger charge is 2.39. The summed E-state index contributed by atoms with van der Waals surface area (Å²) in [7, 11) is 4.39. The maximum absolute atomic E-state index is 2.40. The number of likely N-dealkylation sites (N-methyl/N-ethyl adjacent to an activating group) is 1. The van der Waals surface area contributed by atoms with E-state index >= 15 is 0 Å². The molecule has 1 saturated carbocycles. The smallest absolute Gasteiger partial charge is 0.0349 e. The van der Waals surface area contributed by atoms with Gasteiger partial charge in [-0.25, -0.2) is 0 Å². The molecule has 2 bridgehead atoms. The standard InChI is InChI=1S/C18H21NS/c1-19(2)10-15-12-7-8-13(9-12)18(15)16-11-20-17-6-4-3-5-14(16)17/h3-6,11-13H,7-10H2,1-2H3. The zero-order chi connectivity index (χ0) is 13.7. The molecule has 0 saturated heterocycles. The summed E-state index contributed by atoms with van der Waals surface area (Å²) in [6.45, 7) is 1.14. The highest BCUT2D eigenvalue weighted by Crippen LogP contribution is 2.54. The van der Waals surface area contributed by atoms with Crippen LogP contribution in [0, 0.1) is 11.8 Å². The Labute approximate surface area is 124 Å². The van der Waals surface area contributed by atoms with Crippen LogP contribution < -0.4 is 0 Å². The summed E-state index contributed by atoms with van der Waals surface area (Å²) in [6.07, 6.45) is 4.23. The largest absolute Gasteiger partial charge is 0.305 e. The van der Waals surface area contributed by atoms with Crippen molar-refractivity contribution < 1.29 is 0 Å². The van der Waals surface area contributed by atoms with E-state index in [4.69, 9.17) is 0 Å². The molecule has 1 fully saturated rings. The van der Waals surface area contributed by atoms with Gasteiger partial charge in [0.05, 0.1) is 0 Å². The fraction of sp³-hybridized carbons (Fsp3) is 0.444. The van der Waals surface area contributed by atoms with Crippen molar-refractivity contribution in [3.05, 3.63) is 40.8 Å². The summed E-state index contributed by atoms with van der Waals surface area (Å²) in [5.41, 5.74) is 4.97. The Morgan fingerprint density at radius 2 is 1.95 bits per heavy atom. The Morgan fingerprint density at radius 1 is 1.15 bits per heavy atom. The quantitative estimate of drug-likeness (QED) is 0.792. The molecule has 1 heterocycles. The lowest BCUT2D eigenvalue weighted by Crippen LogP contribution is -2.19. The molecule has 104 valence electrons. The van der Waals surface area contributed by atoms with Crippen LogP contribution in [0.4, 0.5) is 0 Å². The van der Waals surface area contributed by atoms with E-state index in [-0.39, 0.29) is 0 Å². The first-order valence-corrected chi connectivity index (χ1v) is 8.46. The van der Waals surface area contributed by atoms with Crippen LogP contribution >= 0.6 is 11.3 Å². The van der Waals surface area contributed by atoms with Crippen molar-refractivity contribution in [1.29, 1.82) is 0 Å². The monoisotopic (exact) mass is 283 g/mol. The molecule has 2 aromatic rings. The molecule has 2 atom stereocenters. The van der Waals surface area contributed by atoms with Gasteiger partial charge >= 0.3 is 0 Å². The Balaban J connectivity index is 1.88. The average molecular weight is 283 g/mol. The molecular weight excluding hydrogens is 262 g/mol. The summed E-state index contributed by atoms with van der Waals surface area (Å²) in [4.78, 5) is 2.34. The predicted molar refractivity (Wildman–Crippen MR) is 88.1 cm³/mol. The van der Waals surface area contributed by atoms with Crippen LogP contribution in [0.15, 0.2) is 35.2 Å². The van der Waals surface area contributed by atoms with E-state index < -0.39 is 0 Å². The molecule has 0 radical (unpaired) electrons. The van der Waals surface area contributed by atoms with E-state index in [0.717, 1.165) is 18.4 Å². The van der Waals surface area contributed by atoms with Crippen LogP contribution in [0.5, 0.6) is 0 Å². The second-order valence-electron chi connectivity index (χ2n) is 6.53. The van der Waals surface area contributed by atoms with E-state index in [9.17, 15) is 0 Å². The van der Waals surface area contributed by atoms with Crippen molar-refractivity contribution in [3.8, 4) is 0 Å². The molecule has 1 aromatic heterocycles. The Bertz CT molecular complexity index is 680. The van der Waals surface area contributed by atoms with Gasteiger partial charge in [0.15, 0.2) is 0 Å². The van der Waals surface area contributed by atoms with Gasteiger partial charge in [0, 0.05) is 11.2 Å². The second-order valence-corrected chi connectivity index (χ2v) is 7.44. The Hall–Kier alpha value is -1.12. The molecule has 2 aliphatic rings. The molecule has 2 unspecified atom stereocenters. The van der Waals surface area contributed by atoms with Gasteiger partial charge < -0.3 is 4.90 Å². The van der Waals surface area contributed by atoms with Crippen molar-refractivity contribution in [2.75, 3.05) is 20.6 Å². The minimum Gasteiger partial charge on any atom is -0.305 e. The van der Waals surface area contributed by atoms with Crippen LogP contribution in [-0.4, -0.2) is 25.5 Å². The van der Waals surface area contributed by atoms with Gasteiger partial charge in [0.1, 0.15) is 0 Å². The summed E-state index contributed by atoms with van der Waals surface area (Å²) in [5, 5.41) is 3.87. The van der Waals surface area contributed by atoms with Gasteiger partial charge in [-0.3, -0.25) is 0 Å². The average Bonchev–Trinajstić information content (AvgIpc) is 3.11. The maximum Gasteiger partial charge on any atom is 0.0349 e. The summed E-state index contributed by atoms with van der Waals surface area (Å²) in [5.74, 6) is 1.68. The first-order valence-electron chi connectivity index (χ1n) is 7.58. The number of allylic oxidation sites excluding steroid dienone is 1. The van der Waals surface area contributed by atoms with E-state index in [2.05, 4.69) is 48.6 Å². The zero-order valence-corrected chi connectivity index (χ0v) is 13.0. The summed E-state index contributed by atoms with van der Waals surface area (Å²) in [6, 6.07) is 8.88. The molecule has 1 nitrogen and oxygen atoms in total. The van der Waals surface area contributed by atoms with Crippen LogP contribution in [0.3, 0.4) is 0 Å². The Kier molecular flexibility index (Phi) is 2.97. The van der Waals surface area contributed by atoms with E-state index in [1.807, 2.05) is 11.3 Å². The van der Waals surface area contributed by atoms with Crippen LogP contribution in [0.2, 0.25) is 0 Å². The molecule has 0 amide bonds. The highest BCUT2D eigenvalue weighted by molar-refractivity contribution is 7.17. The zero-order valence-electron chi connectivity index (χ0n) is 12.2. The maximum atomic E-state index is 2.40. The van der Waals surface area contributed by atoms with E-state index in [1.54, 1.807) is 11.1 Å². The van der Waals surface area contributed by atoms with Crippen molar-refractivity contribution in [2.45, 2.75) is 19.3 Å². The second kappa shape index (κ2) is 4.71. The molecule has 2 heteroatoms. The first kappa shape index (κ1) is 12.6. The lowest BCUT2D eigenvalue weighted by Gasteiger charge is -2.22. The van der Waals surface area contributed by atoms with Gasteiger partial charge in [0.25, 0.3) is 0 Å². The third-order valence-electron chi connectivity index (χ3n) is 4.94. The third kappa shape index (κ3) is 1.86. The van der Waals surface area contributed by atoms with E-state index in [0.29, 0.717) is 0 Å². The first-order chi connectivity index (χ1) is 9.74. The molecule has 4 rings (SSSR count). The van der Waals surface area contributed by atoms with Gasteiger partial charge in [-0.1, -0.05) is 18.2 Å². The van der Waals surface area contributed by atoms with E-state index in [1.165, 1.54) is 34.9 Å². The van der Waals surface area contributed by atoms with Crippen LogP contribution in [0.25, 0.3) is 15.7 Å².